The summed E-state index contributed by atoms with van der Waals surface area (Å²) in [5, 5.41) is 0. The molecule has 0 N–H and O–H groups in total. The minimum atomic E-state index is -0.293. The fraction of sp³-hybridized carbons (Fsp3) is 0.286. The molecular formula is C21H22O4. The number of methoxy groups -OCH3 is 1. The maximum atomic E-state index is 12.5. The van der Waals surface area contributed by atoms with E-state index in [9.17, 15) is 4.79 Å². The predicted octanol–water partition coefficient (Wildman–Crippen LogP) is 4.75. The summed E-state index contributed by atoms with van der Waals surface area (Å²) in [6.45, 7) is 4.55. The van der Waals surface area contributed by atoms with Crippen LogP contribution in [0.2, 0.25) is 0 Å². The highest BCUT2D eigenvalue weighted by Crippen LogP contribution is 2.37. The topological polar surface area (TPSA) is 44.8 Å². The molecule has 2 aromatic carbocycles. The molecule has 4 nitrogen and oxygen atoms in total. The molecular weight excluding hydrogens is 316 g/mol. The second kappa shape index (κ2) is 7.43. The number of hydrogen-bond donors (Lipinski definition) is 0. The molecule has 1 aliphatic heterocycles. The minimum Gasteiger partial charge on any atom is -0.497 e. The van der Waals surface area contributed by atoms with Gasteiger partial charge in [0.2, 0.25) is 0 Å². The molecule has 0 aromatic heterocycles. The second-order valence-electron chi connectivity index (χ2n) is 6.26. The van der Waals surface area contributed by atoms with Crippen LogP contribution in [0.15, 0.2) is 54.1 Å². The number of hydrogen-bond acceptors (Lipinski definition) is 4. The molecule has 1 heterocycles. The number of fused-ring (bicyclic) bond motifs is 1. The van der Waals surface area contributed by atoms with Crippen LogP contribution in [0, 0.1) is 0 Å². The molecule has 1 unspecified atom stereocenters. The van der Waals surface area contributed by atoms with E-state index in [1.807, 2.05) is 50.3 Å². The fourth-order valence-electron chi connectivity index (χ4n) is 2.70. The lowest BCUT2D eigenvalue weighted by Crippen LogP contribution is -2.20. The summed E-state index contributed by atoms with van der Waals surface area (Å²) < 4.78 is 17.0. The van der Waals surface area contributed by atoms with Gasteiger partial charge in [-0.2, -0.15) is 0 Å². The van der Waals surface area contributed by atoms with Crippen molar-refractivity contribution in [2.45, 2.75) is 26.4 Å². The van der Waals surface area contributed by atoms with E-state index in [1.54, 1.807) is 19.2 Å². The zero-order valence-corrected chi connectivity index (χ0v) is 14.7. The van der Waals surface area contributed by atoms with Gasteiger partial charge in [0.15, 0.2) is 5.78 Å². The number of carbonyl (C=O) groups excluding carboxylic acids is 1. The van der Waals surface area contributed by atoms with Gasteiger partial charge in [-0.05, 0) is 49.8 Å². The molecule has 0 spiro atoms. The summed E-state index contributed by atoms with van der Waals surface area (Å²) in [5.41, 5.74) is 2.76. The zero-order chi connectivity index (χ0) is 17.8. The van der Waals surface area contributed by atoms with E-state index in [4.69, 9.17) is 14.2 Å². The van der Waals surface area contributed by atoms with Gasteiger partial charge in [-0.3, -0.25) is 4.79 Å². The van der Waals surface area contributed by atoms with Crippen LogP contribution in [-0.2, 0) is 0 Å². The Morgan fingerprint density at radius 1 is 1.16 bits per heavy atom. The molecule has 0 aliphatic carbocycles. The highest BCUT2D eigenvalue weighted by molar-refractivity contribution is 6.00. The standard InChI is InChI=1S/C21H22O4/c1-14(2)10-11-24-17-8-9-18-19(22)13-20(25-21(18)12-17)15-4-6-16(23-3)7-5-15/h4-10,12,20H,11,13H2,1-3H3. The van der Waals surface area contributed by atoms with E-state index in [0.29, 0.717) is 30.1 Å². The largest absolute Gasteiger partial charge is 0.497 e. The van der Waals surface area contributed by atoms with Gasteiger partial charge < -0.3 is 14.2 Å². The van der Waals surface area contributed by atoms with E-state index >= 15 is 0 Å². The van der Waals surface area contributed by atoms with Crippen molar-refractivity contribution in [1.29, 1.82) is 0 Å². The van der Waals surface area contributed by atoms with Crippen molar-refractivity contribution in [3.8, 4) is 17.2 Å². The number of Topliss-reactive ketones (excluding diaryl/α,β-unsaturated/α-hetero) is 1. The molecule has 3 rings (SSSR count). The van der Waals surface area contributed by atoms with E-state index in [0.717, 1.165) is 11.3 Å². The van der Waals surface area contributed by atoms with Crippen LogP contribution in [0.5, 0.6) is 17.2 Å². The first kappa shape index (κ1) is 17.1. The first-order valence-corrected chi connectivity index (χ1v) is 8.31. The van der Waals surface area contributed by atoms with Crippen molar-refractivity contribution in [1.82, 2.24) is 0 Å². The zero-order valence-electron chi connectivity index (χ0n) is 14.7. The quantitative estimate of drug-likeness (QED) is 0.738. The molecule has 0 saturated heterocycles. The van der Waals surface area contributed by atoms with Gasteiger partial charge in [0.05, 0.1) is 19.1 Å². The minimum absolute atomic E-state index is 0.0814. The smallest absolute Gasteiger partial charge is 0.170 e. The van der Waals surface area contributed by atoms with Crippen molar-refractivity contribution in [2.24, 2.45) is 0 Å². The van der Waals surface area contributed by atoms with Crippen molar-refractivity contribution in [3.05, 3.63) is 65.2 Å². The lowest BCUT2D eigenvalue weighted by molar-refractivity contribution is 0.0849. The SMILES string of the molecule is COc1ccc(C2CC(=O)c3ccc(OCC=C(C)C)cc3O2)cc1. The Morgan fingerprint density at radius 2 is 1.88 bits per heavy atom. The summed E-state index contributed by atoms with van der Waals surface area (Å²) in [6, 6.07) is 13.0. The third kappa shape index (κ3) is 4.02. The molecule has 130 valence electrons. The third-order valence-corrected chi connectivity index (χ3v) is 4.12. The predicted molar refractivity (Wildman–Crippen MR) is 96.7 cm³/mol. The van der Waals surface area contributed by atoms with E-state index in [-0.39, 0.29) is 11.9 Å². The van der Waals surface area contributed by atoms with Crippen LogP contribution >= 0.6 is 0 Å². The summed E-state index contributed by atoms with van der Waals surface area (Å²) >= 11 is 0. The Morgan fingerprint density at radius 3 is 2.56 bits per heavy atom. The van der Waals surface area contributed by atoms with Gasteiger partial charge in [-0.1, -0.05) is 17.7 Å². The maximum absolute atomic E-state index is 12.5. The van der Waals surface area contributed by atoms with Crippen LogP contribution in [0.4, 0.5) is 0 Å². The van der Waals surface area contributed by atoms with E-state index < -0.39 is 0 Å². The molecule has 0 amide bonds. The summed E-state index contributed by atoms with van der Waals surface area (Å²) in [6.07, 6.45) is 2.04. The highest BCUT2D eigenvalue weighted by atomic mass is 16.5. The third-order valence-electron chi connectivity index (χ3n) is 4.12. The van der Waals surface area contributed by atoms with Gasteiger partial charge in [-0.15, -0.1) is 0 Å². The van der Waals surface area contributed by atoms with Gasteiger partial charge in [0, 0.05) is 6.07 Å². The maximum Gasteiger partial charge on any atom is 0.170 e. The molecule has 1 aliphatic rings. The van der Waals surface area contributed by atoms with Crippen molar-refractivity contribution >= 4 is 5.78 Å². The van der Waals surface area contributed by atoms with Crippen LogP contribution in [0.25, 0.3) is 0 Å². The van der Waals surface area contributed by atoms with Crippen LogP contribution in [0.3, 0.4) is 0 Å². The molecule has 0 radical (unpaired) electrons. The van der Waals surface area contributed by atoms with Crippen LogP contribution in [-0.4, -0.2) is 19.5 Å². The van der Waals surface area contributed by atoms with Gasteiger partial charge in [-0.25, -0.2) is 0 Å². The van der Waals surface area contributed by atoms with Crippen molar-refractivity contribution in [2.75, 3.05) is 13.7 Å². The Hall–Kier alpha value is -2.75. The van der Waals surface area contributed by atoms with Gasteiger partial charge in [0.25, 0.3) is 0 Å². The molecule has 1 atom stereocenters. The number of benzene rings is 2. The highest BCUT2D eigenvalue weighted by Gasteiger charge is 2.28. The van der Waals surface area contributed by atoms with E-state index in [1.165, 1.54) is 5.57 Å². The summed E-state index contributed by atoms with van der Waals surface area (Å²) in [4.78, 5) is 12.5. The molecule has 0 saturated carbocycles. The number of ketones is 1. The molecule has 25 heavy (non-hydrogen) atoms. The monoisotopic (exact) mass is 338 g/mol. The molecule has 0 bridgehead atoms. The summed E-state index contributed by atoms with van der Waals surface area (Å²) in [7, 11) is 1.63. The Kier molecular flexibility index (Phi) is 5.08. The Bertz CT molecular complexity index is 786. The summed E-state index contributed by atoms with van der Waals surface area (Å²) in [5.74, 6) is 2.13. The fourth-order valence-corrected chi connectivity index (χ4v) is 2.70. The van der Waals surface area contributed by atoms with Gasteiger partial charge >= 0.3 is 0 Å². The Balaban J connectivity index is 1.79. The average molecular weight is 338 g/mol. The van der Waals surface area contributed by atoms with Crippen LogP contribution < -0.4 is 14.2 Å². The number of carbonyl (C=O) groups is 1. The number of ether oxygens (including phenoxy) is 3. The van der Waals surface area contributed by atoms with E-state index in [2.05, 4.69) is 0 Å². The molecule has 2 aromatic rings. The molecule has 4 heteroatoms. The average Bonchev–Trinajstić information content (AvgIpc) is 2.61. The molecule has 0 fully saturated rings. The van der Waals surface area contributed by atoms with Crippen molar-refractivity contribution < 1.29 is 19.0 Å². The second-order valence-corrected chi connectivity index (χ2v) is 6.26. The Labute approximate surface area is 148 Å². The number of rotatable bonds is 5. The van der Waals surface area contributed by atoms with Crippen LogP contribution in [0.1, 0.15) is 42.3 Å². The lowest BCUT2D eigenvalue weighted by atomic mass is 9.96. The number of allylic oxidation sites excluding steroid dienone is 1. The van der Waals surface area contributed by atoms with Crippen molar-refractivity contribution in [3.63, 3.8) is 0 Å². The van der Waals surface area contributed by atoms with Gasteiger partial charge in [0.1, 0.15) is 30.0 Å². The first-order chi connectivity index (χ1) is 12.1. The first-order valence-electron chi connectivity index (χ1n) is 8.31. The normalized spacial score (nSPS) is 15.8. The lowest BCUT2D eigenvalue weighted by Gasteiger charge is -2.26.